The van der Waals surface area contributed by atoms with Crippen LogP contribution in [0.1, 0.15) is 0 Å². The Bertz CT molecular complexity index is 2580. The standard InChI is InChI=1S/C49H33N5/c1-4-16-34(17-5-1)39-31-46(43-27-12-13-28-50-43)52-47(32-39)48-42(26-15-29-51-48)41-25-11-10-24-40(41)37-22-14-23-38(30-37)45-33-44(35-18-6-2-7-19-35)53-49(54-45)36-20-8-3-9-21-36/h1-33H. The molecule has 5 heteroatoms. The lowest BCUT2D eigenvalue weighted by Crippen LogP contribution is -1.97. The maximum Gasteiger partial charge on any atom is 0.160 e. The number of aromatic nitrogens is 5. The summed E-state index contributed by atoms with van der Waals surface area (Å²) in [6.45, 7) is 0. The van der Waals surface area contributed by atoms with E-state index in [9.17, 15) is 0 Å². The molecule has 0 saturated carbocycles. The normalized spacial score (nSPS) is 11.0. The third kappa shape index (κ3) is 6.70. The molecule has 0 aliphatic heterocycles. The van der Waals surface area contributed by atoms with Crippen molar-refractivity contribution in [2.24, 2.45) is 0 Å². The van der Waals surface area contributed by atoms with Crippen LogP contribution in [0.3, 0.4) is 0 Å². The van der Waals surface area contributed by atoms with Crippen molar-refractivity contribution in [2.45, 2.75) is 0 Å². The number of rotatable bonds is 8. The lowest BCUT2D eigenvalue weighted by atomic mass is 9.91. The zero-order chi connectivity index (χ0) is 36.1. The smallest absolute Gasteiger partial charge is 0.160 e. The Balaban J connectivity index is 1.17. The first kappa shape index (κ1) is 32.5. The highest BCUT2D eigenvalue weighted by atomic mass is 14.9. The monoisotopic (exact) mass is 691 g/mol. The first-order valence-electron chi connectivity index (χ1n) is 17.9. The van der Waals surface area contributed by atoms with Crippen molar-refractivity contribution in [1.82, 2.24) is 24.9 Å². The largest absolute Gasteiger partial charge is 0.255 e. The average molecular weight is 692 g/mol. The van der Waals surface area contributed by atoms with Crippen LogP contribution in [0.2, 0.25) is 0 Å². The second-order valence-corrected chi connectivity index (χ2v) is 12.9. The molecule has 0 N–H and O–H groups in total. The van der Waals surface area contributed by atoms with E-state index in [0.29, 0.717) is 5.82 Å². The van der Waals surface area contributed by atoms with Crippen LogP contribution in [0.4, 0.5) is 0 Å². The van der Waals surface area contributed by atoms with Crippen LogP contribution in [-0.2, 0) is 0 Å². The summed E-state index contributed by atoms with van der Waals surface area (Å²) in [6, 6.07) is 64.2. The van der Waals surface area contributed by atoms with Crippen LogP contribution < -0.4 is 0 Å². The van der Waals surface area contributed by atoms with Crippen molar-refractivity contribution in [3.63, 3.8) is 0 Å². The van der Waals surface area contributed by atoms with E-state index in [1.165, 1.54) is 0 Å². The number of nitrogens with zero attached hydrogens (tertiary/aromatic N) is 5. The molecule has 5 aromatic carbocycles. The SMILES string of the molecule is c1ccc(-c2cc(-c3ccccn3)nc(-c3ncccc3-c3ccccc3-c3cccc(-c4cc(-c5ccccc5)nc(-c5ccccc5)n4)c3)c2)cc1. The Morgan fingerprint density at radius 2 is 0.833 bits per heavy atom. The van der Waals surface area contributed by atoms with Crippen molar-refractivity contribution in [3.05, 3.63) is 200 Å². The van der Waals surface area contributed by atoms with Gasteiger partial charge in [0, 0.05) is 34.6 Å². The molecule has 9 rings (SSSR count). The van der Waals surface area contributed by atoms with Gasteiger partial charge >= 0.3 is 0 Å². The molecule has 5 nitrogen and oxygen atoms in total. The van der Waals surface area contributed by atoms with Crippen molar-refractivity contribution in [2.75, 3.05) is 0 Å². The maximum atomic E-state index is 5.17. The number of hydrogen-bond donors (Lipinski definition) is 0. The molecule has 0 aliphatic carbocycles. The van der Waals surface area contributed by atoms with Gasteiger partial charge in [-0.15, -0.1) is 0 Å². The van der Waals surface area contributed by atoms with Crippen molar-refractivity contribution in [1.29, 1.82) is 0 Å². The van der Waals surface area contributed by atoms with Gasteiger partial charge in [-0.3, -0.25) is 9.97 Å². The van der Waals surface area contributed by atoms with E-state index in [1.807, 2.05) is 72.9 Å². The molecular formula is C49H33N5. The summed E-state index contributed by atoms with van der Waals surface area (Å²) in [5, 5.41) is 0. The molecule has 0 fully saturated rings. The highest BCUT2D eigenvalue weighted by Crippen LogP contribution is 2.39. The minimum Gasteiger partial charge on any atom is -0.255 e. The number of pyridine rings is 3. The van der Waals surface area contributed by atoms with Crippen LogP contribution in [-0.4, -0.2) is 24.9 Å². The van der Waals surface area contributed by atoms with Crippen LogP contribution in [0.15, 0.2) is 200 Å². The quantitative estimate of drug-likeness (QED) is 0.159. The molecule has 254 valence electrons. The Hall–Kier alpha value is -7.37. The third-order valence-corrected chi connectivity index (χ3v) is 9.42. The zero-order valence-electron chi connectivity index (χ0n) is 29.3. The summed E-state index contributed by atoms with van der Waals surface area (Å²) in [4.78, 5) is 24.9. The van der Waals surface area contributed by atoms with Crippen molar-refractivity contribution >= 4 is 0 Å². The predicted octanol–water partition coefficient (Wildman–Crippen LogP) is 12.0. The minimum absolute atomic E-state index is 0.688. The van der Waals surface area contributed by atoms with Gasteiger partial charge in [0.25, 0.3) is 0 Å². The molecule has 54 heavy (non-hydrogen) atoms. The van der Waals surface area contributed by atoms with Crippen LogP contribution in [0.25, 0.3) is 90.1 Å². The van der Waals surface area contributed by atoms with Crippen LogP contribution in [0, 0.1) is 0 Å². The average Bonchev–Trinajstić information content (AvgIpc) is 3.27. The fourth-order valence-electron chi connectivity index (χ4n) is 6.81. The topological polar surface area (TPSA) is 64.5 Å². The van der Waals surface area contributed by atoms with Crippen molar-refractivity contribution in [3.8, 4) is 90.1 Å². The second kappa shape index (κ2) is 14.7. The van der Waals surface area contributed by atoms with Gasteiger partial charge in [0.2, 0.25) is 0 Å². The molecule has 0 bridgehead atoms. The number of hydrogen-bond acceptors (Lipinski definition) is 5. The first-order valence-corrected chi connectivity index (χ1v) is 17.9. The summed E-state index contributed by atoms with van der Waals surface area (Å²) in [7, 11) is 0. The molecule has 0 aliphatic rings. The summed E-state index contributed by atoms with van der Waals surface area (Å²) >= 11 is 0. The highest BCUT2D eigenvalue weighted by molar-refractivity contribution is 5.91. The molecule has 0 saturated heterocycles. The van der Waals surface area contributed by atoms with E-state index >= 15 is 0 Å². The van der Waals surface area contributed by atoms with Gasteiger partial charge < -0.3 is 0 Å². The molecular weight excluding hydrogens is 659 g/mol. The van der Waals surface area contributed by atoms with E-state index < -0.39 is 0 Å². The summed E-state index contributed by atoms with van der Waals surface area (Å²) < 4.78 is 0. The molecule has 4 heterocycles. The van der Waals surface area contributed by atoms with Gasteiger partial charge in [-0.25, -0.2) is 15.0 Å². The predicted molar refractivity (Wildman–Crippen MR) is 219 cm³/mol. The van der Waals surface area contributed by atoms with Gasteiger partial charge in [-0.2, -0.15) is 0 Å². The molecule has 0 radical (unpaired) electrons. The van der Waals surface area contributed by atoms with E-state index in [4.69, 9.17) is 19.9 Å². The van der Waals surface area contributed by atoms with E-state index in [-0.39, 0.29) is 0 Å². The van der Waals surface area contributed by atoms with Crippen molar-refractivity contribution < 1.29 is 0 Å². The van der Waals surface area contributed by atoms with E-state index in [1.54, 1.807) is 6.20 Å². The Labute approximate surface area is 314 Å². The zero-order valence-corrected chi connectivity index (χ0v) is 29.3. The maximum absolute atomic E-state index is 5.17. The summed E-state index contributed by atoms with van der Waals surface area (Å²) in [5.74, 6) is 0.688. The van der Waals surface area contributed by atoms with Gasteiger partial charge in [0.15, 0.2) is 5.82 Å². The number of benzene rings is 5. The lowest BCUT2D eigenvalue weighted by molar-refractivity contribution is 1.18. The fraction of sp³-hybridized carbons (Fsp3) is 0. The molecule has 0 amide bonds. The van der Waals surface area contributed by atoms with Crippen LogP contribution in [0.5, 0.6) is 0 Å². The van der Waals surface area contributed by atoms with E-state index in [0.717, 1.165) is 84.2 Å². The summed E-state index contributed by atoms with van der Waals surface area (Å²) in [6.07, 6.45) is 3.64. The molecule has 0 unspecified atom stereocenters. The second-order valence-electron chi connectivity index (χ2n) is 12.9. The Kier molecular flexibility index (Phi) is 8.86. The molecule has 9 aromatic rings. The first-order chi connectivity index (χ1) is 26.8. The molecule has 0 atom stereocenters. The van der Waals surface area contributed by atoms with Crippen LogP contribution >= 0.6 is 0 Å². The molecule has 0 spiro atoms. The highest BCUT2D eigenvalue weighted by Gasteiger charge is 2.18. The Morgan fingerprint density at radius 1 is 0.259 bits per heavy atom. The van der Waals surface area contributed by atoms with Gasteiger partial charge in [0.05, 0.1) is 34.2 Å². The fourth-order valence-corrected chi connectivity index (χ4v) is 6.81. The van der Waals surface area contributed by atoms with Gasteiger partial charge in [-0.1, -0.05) is 146 Å². The minimum atomic E-state index is 0.688. The molecule has 4 aromatic heterocycles. The van der Waals surface area contributed by atoms with E-state index in [2.05, 4.69) is 126 Å². The summed E-state index contributed by atoms with van der Waals surface area (Å²) in [5.41, 5.74) is 14.3. The lowest BCUT2D eigenvalue weighted by Gasteiger charge is -2.16. The Morgan fingerprint density at radius 3 is 1.57 bits per heavy atom. The van der Waals surface area contributed by atoms with Gasteiger partial charge in [0.1, 0.15) is 0 Å². The third-order valence-electron chi connectivity index (χ3n) is 9.42. The van der Waals surface area contributed by atoms with Gasteiger partial charge in [-0.05, 0) is 70.3 Å².